The third-order valence-corrected chi connectivity index (χ3v) is 2.93. The summed E-state index contributed by atoms with van der Waals surface area (Å²) in [4.78, 5) is 15.5. The van der Waals surface area contributed by atoms with Gasteiger partial charge in [0.15, 0.2) is 5.82 Å². The number of benzene rings is 1. The third-order valence-electron chi connectivity index (χ3n) is 2.13. The summed E-state index contributed by atoms with van der Waals surface area (Å²) in [5.74, 6) is -0.120. The summed E-state index contributed by atoms with van der Waals surface area (Å²) < 4.78 is 5.67. The average molecular weight is 331 g/mol. The molecule has 7 heteroatoms. The van der Waals surface area contributed by atoms with Crippen LogP contribution in [-0.2, 0) is 4.74 Å². The molecule has 5 nitrogen and oxygen atoms in total. The van der Waals surface area contributed by atoms with Gasteiger partial charge in [-0.1, -0.05) is 27.5 Å². The van der Waals surface area contributed by atoms with Crippen LogP contribution in [0.25, 0.3) is 11.4 Å². The van der Waals surface area contributed by atoms with E-state index in [9.17, 15) is 4.79 Å². The standard InChI is InChI=1S/C11H9BrClN3O2/c1-2-18-11(17)10-14-9(15-16-10)7-4-3-6(12)5-8(7)13/h3-5H,2H2,1H3,(H,14,15,16). The molecule has 0 radical (unpaired) electrons. The molecule has 0 atom stereocenters. The molecular formula is C11H9BrClN3O2. The lowest BCUT2D eigenvalue weighted by atomic mass is 10.2. The van der Waals surface area contributed by atoms with Crippen LogP contribution < -0.4 is 0 Å². The van der Waals surface area contributed by atoms with E-state index in [1.807, 2.05) is 6.07 Å². The molecule has 1 heterocycles. The van der Waals surface area contributed by atoms with E-state index in [0.717, 1.165) is 4.47 Å². The number of hydrogen-bond acceptors (Lipinski definition) is 4. The highest BCUT2D eigenvalue weighted by molar-refractivity contribution is 9.10. The fraction of sp³-hybridized carbons (Fsp3) is 0.182. The van der Waals surface area contributed by atoms with Crippen LogP contribution in [0.2, 0.25) is 5.02 Å². The van der Waals surface area contributed by atoms with Gasteiger partial charge in [-0.25, -0.2) is 9.78 Å². The van der Waals surface area contributed by atoms with Crippen molar-refractivity contribution < 1.29 is 9.53 Å². The molecule has 1 aromatic heterocycles. The van der Waals surface area contributed by atoms with Gasteiger partial charge in [-0.15, -0.1) is 0 Å². The Hall–Kier alpha value is -1.40. The molecule has 0 saturated carbocycles. The van der Waals surface area contributed by atoms with Gasteiger partial charge in [0.2, 0.25) is 5.82 Å². The van der Waals surface area contributed by atoms with Gasteiger partial charge in [0, 0.05) is 10.0 Å². The van der Waals surface area contributed by atoms with Gasteiger partial charge in [-0.2, -0.15) is 5.10 Å². The van der Waals surface area contributed by atoms with Gasteiger partial charge in [0.05, 0.1) is 11.6 Å². The number of nitrogens with one attached hydrogen (secondary N) is 1. The van der Waals surface area contributed by atoms with Crippen LogP contribution in [0.1, 0.15) is 17.5 Å². The first kappa shape index (κ1) is 13.0. The maximum atomic E-state index is 11.4. The van der Waals surface area contributed by atoms with E-state index in [1.165, 1.54) is 0 Å². The molecule has 0 unspecified atom stereocenters. The lowest BCUT2D eigenvalue weighted by molar-refractivity contribution is 0.0512. The molecule has 94 valence electrons. The molecule has 1 aromatic carbocycles. The number of halogens is 2. The number of aromatic amines is 1. The van der Waals surface area contributed by atoms with Crippen molar-refractivity contribution in [2.75, 3.05) is 6.61 Å². The summed E-state index contributed by atoms with van der Waals surface area (Å²) in [7, 11) is 0. The first-order chi connectivity index (χ1) is 8.61. The van der Waals surface area contributed by atoms with Gasteiger partial charge < -0.3 is 4.74 Å². The van der Waals surface area contributed by atoms with E-state index >= 15 is 0 Å². The Morgan fingerprint density at radius 1 is 1.56 bits per heavy atom. The molecule has 1 N–H and O–H groups in total. The van der Waals surface area contributed by atoms with E-state index in [2.05, 4.69) is 31.1 Å². The second-order valence-electron chi connectivity index (χ2n) is 3.35. The quantitative estimate of drug-likeness (QED) is 0.878. The second kappa shape index (κ2) is 5.49. The van der Waals surface area contributed by atoms with Crippen LogP contribution in [0.3, 0.4) is 0 Å². The molecule has 0 saturated heterocycles. The number of rotatable bonds is 3. The lowest BCUT2D eigenvalue weighted by Crippen LogP contribution is -2.06. The number of ether oxygens (including phenoxy) is 1. The molecule has 18 heavy (non-hydrogen) atoms. The van der Waals surface area contributed by atoms with Crippen molar-refractivity contribution in [1.29, 1.82) is 0 Å². The minimum Gasteiger partial charge on any atom is -0.460 e. The molecule has 2 aromatic rings. The van der Waals surface area contributed by atoms with Gasteiger partial charge >= 0.3 is 5.97 Å². The zero-order chi connectivity index (χ0) is 13.1. The largest absolute Gasteiger partial charge is 0.460 e. The van der Waals surface area contributed by atoms with Gasteiger partial charge in [0.1, 0.15) is 0 Å². The summed E-state index contributed by atoms with van der Waals surface area (Å²) in [5, 5.41) is 6.97. The number of carbonyl (C=O) groups is 1. The molecule has 0 spiro atoms. The highest BCUT2D eigenvalue weighted by atomic mass is 79.9. The normalized spacial score (nSPS) is 10.4. The van der Waals surface area contributed by atoms with Crippen LogP contribution in [-0.4, -0.2) is 27.8 Å². The van der Waals surface area contributed by atoms with E-state index < -0.39 is 5.97 Å². The Balaban J connectivity index is 2.32. The summed E-state index contributed by atoms with van der Waals surface area (Å²) in [6, 6.07) is 5.32. The van der Waals surface area contributed by atoms with Gasteiger partial charge in [-0.05, 0) is 25.1 Å². The number of nitrogens with zero attached hydrogens (tertiary/aromatic N) is 2. The Labute approximate surface area is 117 Å². The van der Waals surface area contributed by atoms with Crippen molar-refractivity contribution in [1.82, 2.24) is 15.2 Å². The molecule has 0 fully saturated rings. The number of carbonyl (C=O) groups excluding carboxylic acids is 1. The van der Waals surface area contributed by atoms with Crippen LogP contribution in [0.15, 0.2) is 22.7 Å². The van der Waals surface area contributed by atoms with Crippen molar-refractivity contribution in [3.63, 3.8) is 0 Å². The minimum atomic E-state index is -0.538. The maximum Gasteiger partial charge on any atom is 0.375 e. The van der Waals surface area contributed by atoms with Crippen LogP contribution >= 0.6 is 27.5 Å². The number of aromatic nitrogens is 3. The zero-order valence-electron chi connectivity index (χ0n) is 9.41. The molecule has 2 rings (SSSR count). The van der Waals surface area contributed by atoms with Crippen LogP contribution in [0.4, 0.5) is 0 Å². The fourth-order valence-electron chi connectivity index (χ4n) is 1.34. The van der Waals surface area contributed by atoms with E-state index in [0.29, 0.717) is 16.4 Å². The van der Waals surface area contributed by atoms with E-state index in [1.54, 1.807) is 19.1 Å². The molecule has 0 aliphatic heterocycles. The fourth-order valence-corrected chi connectivity index (χ4v) is 2.10. The molecule has 0 amide bonds. The number of esters is 1. The van der Waals surface area contributed by atoms with Crippen molar-refractivity contribution in [2.24, 2.45) is 0 Å². The Bertz CT molecular complexity index is 585. The van der Waals surface area contributed by atoms with E-state index in [-0.39, 0.29) is 12.4 Å². The average Bonchev–Trinajstić information content (AvgIpc) is 2.78. The maximum absolute atomic E-state index is 11.4. The SMILES string of the molecule is CCOC(=O)c1nc(-c2ccc(Br)cc2Cl)n[nH]1. The van der Waals surface area contributed by atoms with Crippen molar-refractivity contribution in [2.45, 2.75) is 6.92 Å². The Kier molecular flexibility index (Phi) is 3.98. The predicted molar refractivity (Wildman–Crippen MR) is 70.5 cm³/mol. The van der Waals surface area contributed by atoms with Crippen LogP contribution in [0, 0.1) is 0 Å². The predicted octanol–water partition coefficient (Wildman–Crippen LogP) is 3.06. The molecule has 0 aliphatic carbocycles. The summed E-state index contributed by atoms with van der Waals surface area (Å²) in [6.45, 7) is 2.01. The van der Waals surface area contributed by atoms with Crippen molar-refractivity contribution >= 4 is 33.5 Å². The Morgan fingerprint density at radius 2 is 2.33 bits per heavy atom. The third kappa shape index (κ3) is 2.70. The topological polar surface area (TPSA) is 67.9 Å². The highest BCUT2D eigenvalue weighted by Crippen LogP contribution is 2.28. The number of hydrogen-bond donors (Lipinski definition) is 1. The van der Waals surface area contributed by atoms with E-state index in [4.69, 9.17) is 16.3 Å². The molecule has 0 aliphatic rings. The van der Waals surface area contributed by atoms with Crippen molar-refractivity contribution in [3.8, 4) is 11.4 Å². The summed E-state index contributed by atoms with van der Waals surface area (Å²) >= 11 is 9.38. The Morgan fingerprint density at radius 3 is 3.00 bits per heavy atom. The summed E-state index contributed by atoms with van der Waals surface area (Å²) in [5.41, 5.74) is 0.645. The monoisotopic (exact) mass is 329 g/mol. The minimum absolute atomic E-state index is 0.0610. The molecule has 0 bridgehead atoms. The highest BCUT2D eigenvalue weighted by Gasteiger charge is 2.15. The molecular weight excluding hydrogens is 321 g/mol. The van der Waals surface area contributed by atoms with Crippen molar-refractivity contribution in [3.05, 3.63) is 33.5 Å². The summed E-state index contributed by atoms with van der Waals surface area (Å²) in [6.07, 6.45) is 0. The first-order valence-corrected chi connectivity index (χ1v) is 6.34. The van der Waals surface area contributed by atoms with Gasteiger partial charge in [0.25, 0.3) is 0 Å². The number of H-pyrrole nitrogens is 1. The van der Waals surface area contributed by atoms with Gasteiger partial charge in [-0.3, -0.25) is 5.10 Å². The lowest BCUT2D eigenvalue weighted by Gasteiger charge is -1.99. The first-order valence-electron chi connectivity index (χ1n) is 5.16. The zero-order valence-corrected chi connectivity index (χ0v) is 11.7. The van der Waals surface area contributed by atoms with Crippen LogP contribution in [0.5, 0.6) is 0 Å². The smallest absolute Gasteiger partial charge is 0.375 e. The second-order valence-corrected chi connectivity index (χ2v) is 4.68.